The number of aryl methyl sites for hydroxylation is 1. The van der Waals surface area contributed by atoms with E-state index in [1.165, 1.54) is 0 Å². The average molecular weight is 310 g/mol. The Hall–Kier alpha value is -2.96. The molecule has 7 nitrogen and oxygen atoms in total. The molecule has 1 atom stereocenters. The molecule has 0 aliphatic rings. The van der Waals surface area contributed by atoms with Gasteiger partial charge in [-0.15, -0.1) is 0 Å². The topological polar surface area (TPSA) is 77.6 Å². The van der Waals surface area contributed by atoms with Gasteiger partial charge in [0.25, 0.3) is 0 Å². The minimum atomic E-state index is -0.349. The number of carbonyl (C=O) groups is 1. The fourth-order valence-corrected chi connectivity index (χ4v) is 2.35. The van der Waals surface area contributed by atoms with Crippen molar-refractivity contribution in [3.05, 3.63) is 54.7 Å². The molecule has 3 heterocycles. The molecule has 0 aromatic carbocycles. The number of nitrogens with zero attached hydrogens (tertiary/aromatic N) is 5. The van der Waals surface area contributed by atoms with E-state index < -0.39 is 0 Å². The quantitative estimate of drug-likeness (QED) is 0.775. The van der Waals surface area contributed by atoms with E-state index in [1.54, 1.807) is 46.4 Å². The van der Waals surface area contributed by atoms with Gasteiger partial charge in [0.2, 0.25) is 5.91 Å². The van der Waals surface area contributed by atoms with E-state index in [9.17, 15) is 4.79 Å². The summed E-state index contributed by atoms with van der Waals surface area (Å²) in [5, 5.41) is 11.2. The molecule has 3 rings (SSSR count). The number of nitrogens with one attached hydrogen (secondary N) is 1. The van der Waals surface area contributed by atoms with Crippen LogP contribution in [0.4, 0.5) is 0 Å². The van der Waals surface area contributed by atoms with Gasteiger partial charge in [-0.3, -0.25) is 19.1 Å². The third kappa shape index (κ3) is 3.28. The lowest BCUT2D eigenvalue weighted by Crippen LogP contribution is -2.30. The van der Waals surface area contributed by atoms with Crippen LogP contribution in [0.3, 0.4) is 0 Å². The molecule has 1 amide bonds. The number of carbonyl (C=O) groups excluding carboxylic acids is 1. The van der Waals surface area contributed by atoms with Gasteiger partial charge in [0, 0.05) is 50.1 Å². The number of aromatic nitrogens is 5. The van der Waals surface area contributed by atoms with Crippen LogP contribution in [0.2, 0.25) is 0 Å². The minimum Gasteiger partial charge on any atom is -0.350 e. The smallest absolute Gasteiger partial charge is 0.244 e. The van der Waals surface area contributed by atoms with Gasteiger partial charge in [0.05, 0.1) is 5.69 Å². The lowest BCUT2D eigenvalue weighted by molar-refractivity contribution is -0.124. The summed E-state index contributed by atoms with van der Waals surface area (Å²) in [5.41, 5.74) is 2.89. The fraction of sp³-hybridized carbons (Fsp3) is 0.250. The van der Waals surface area contributed by atoms with Gasteiger partial charge in [-0.2, -0.15) is 10.2 Å². The van der Waals surface area contributed by atoms with Crippen molar-refractivity contribution in [3.8, 4) is 11.3 Å². The summed E-state index contributed by atoms with van der Waals surface area (Å²) in [6, 6.07) is 5.38. The van der Waals surface area contributed by atoms with Gasteiger partial charge in [-0.25, -0.2) is 0 Å². The lowest BCUT2D eigenvalue weighted by Gasteiger charge is -2.13. The number of rotatable bonds is 5. The molecule has 0 bridgehead atoms. The predicted octanol–water partition coefficient (Wildman–Crippen LogP) is 1.56. The first kappa shape index (κ1) is 15.0. The van der Waals surface area contributed by atoms with Crippen molar-refractivity contribution in [3.63, 3.8) is 0 Å². The second-order valence-corrected chi connectivity index (χ2v) is 5.30. The Kier molecular flexibility index (Phi) is 4.18. The van der Waals surface area contributed by atoms with Crippen LogP contribution in [0.25, 0.3) is 11.3 Å². The highest BCUT2D eigenvalue weighted by Crippen LogP contribution is 2.18. The Morgan fingerprint density at radius 1 is 1.30 bits per heavy atom. The highest BCUT2D eigenvalue weighted by molar-refractivity contribution is 5.79. The third-order valence-corrected chi connectivity index (χ3v) is 3.68. The van der Waals surface area contributed by atoms with Crippen molar-refractivity contribution in [2.24, 2.45) is 7.05 Å². The summed E-state index contributed by atoms with van der Waals surface area (Å²) in [5.74, 6) is -0.0837. The summed E-state index contributed by atoms with van der Waals surface area (Å²) >= 11 is 0. The largest absolute Gasteiger partial charge is 0.350 e. The molecule has 23 heavy (non-hydrogen) atoms. The molecule has 7 heteroatoms. The first-order valence-electron chi connectivity index (χ1n) is 7.34. The van der Waals surface area contributed by atoms with Crippen molar-refractivity contribution in [2.45, 2.75) is 19.5 Å². The first-order valence-corrected chi connectivity index (χ1v) is 7.34. The number of hydrogen-bond donors (Lipinski definition) is 1. The maximum Gasteiger partial charge on any atom is 0.244 e. The van der Waals surface area contributed by atoms with Crippen LogP contribution in [0.15, 0.2) is 49.2 Å². The van der Waals surface area contributed by atoms with E-state index in [2.05, 4.69) is 20.5 Å². The zero-order chi connectivity index (χ0) is 16.2. The van der Waals surface area contributed by atoms with Crippen molar-refractivity contribution in [1.29, 1.82) is 0 Å². The summed E-state index contributed by atoms with van der Waals surface area (Å²) in [7, 11) is 1.88. The SMILES string of the molecule is CC(C(=O)NCc1cncc(-c2ccnn2C)c1)n1cccn1. The average Bonchev–Trinajstić information content (AvgIpc) is 3.23. The Morgan fingerprint density at radius 3 is 2.87 bits per heavy atom. The van der Waals surface area contributed by atoms with Gasteiger partial charge < -0.3 is 5.32 Å². The van der Waals surface area contributed by atoms with Crippen molar-refractivity contribution >= 4 is 5.91 Å². The van der Waals surface area contributed by atoms with Crippen molar-refractivity contribution < 1.29 is 4.79 Å². The van der Waals surface area contributed by atoms with Gasteiger partial charge in [-0.05, 0) is 30.7 Å². The summed E-state index contributed by atoms with van der Waals surface area (Å²) in [6.07, 6.45) is 8.71. The highest BCUT2D eigenvalue weighted by Gasteiger charge is 2.14. The Bertz CT molecular complexity index is 793. The molecule has 0 aliphatic carbocycles. The Morgan fingerprint density at radius 2 is 2.17 bits per heavy atom. The maximum atomic E-state index is 12.2. The summed E-state index contributed by atoms with van der Waals surface area (Å²) in [4.78, 5) is 16.4. The van der Waals surface area contributed by atoms with Gasteiger partial charge in [0.1, 0.15) is 6.04 Å². The molecule has 3 aromatic heterocycles. The van der Waals surface area contributed by atoms with Crippen LogP contribution in [-0.2, 0) is 18.4 Å². The summed E-state index contributed by atoms with van der Waals surface area (Å²) in [6.45, 7) is 2.23. The molecule has 118 valence electrons. The molecule has 0 saturated heterocycles. The van der Waals surface area contributed by atoms with Crippen LogP contribution < -0.4 is 5.32 Å². The fourth-order valence-electron chi connectivity index (χ4n) is 2.35. The lowest BCUT2D eigenvalue weighted by atomic mass is 10.1. The molecule has 0 radical (unpaired) electrons. The standard InChI is InChI=1S/C16H18N6O/c1-12(22-7-3-5-20-22)16(23)18-10-13-8-14(11-17-9-13)15-4-6-19-21(15)2/h3-9,11-12H,10H2,1-2H3,(H,18,23). The van der Waals surface area contributed by atoms with Crippen LogP contribution in [-0.4, -0.2) is 30.5 Å². The second-order valence-electron chi connectivity index (χ2n) is 5.30. The second kappa shape index (κ2) is 6.43. The molecule has 0 saturated carbocycles. The number of pyridine rings is 1. The van der Waals surface area contributed by atoms with Crippen LogP contribution >= 0.6 is 0 Å². The molecule has 0 spiro atoms. The zero-order valence-electron chi connectivity index (χ0n) is 13.0. The van der Waals surface area contributed by atoms with E-state index in [0.29, 0.717) is 6.54 Å². The maximum absolute atomic E-state index is 12.2. The Balaban J connectivity index is 1.67. The monoisotopic (exact) mass is 310 g/mol. The predicted molar refractivity (Wildman–Crippen MR) is 85.2 cm³/mol. The van der Waals surface area contributed by atoms with E-state index in [1.807, 2.05) is 26.1 Å². The molecular formula is C16H18N6O. The molecule has 0 fully saturated rings. The number of hydrogen-bond acceptors (Lipinski definition) is 4. The molecule has 3 aromatic rings. The number of amides is 1. The van der Waals surface area contributed by atoms with Gasteiger partial charge >= 0.3 is 0 Å². The van der Waals surface area contributed by atoms with E-state index in [-0.39, 0.29) is 11.9 Å². The van der Waals surface area contributed by atoms with Crippen LogP contribution in [0, 0.1) is 0 Å². The minimum absolute atomic E-state index is 0.0837. The molecular weight excluding hydrogens is 292 g/mol. The van der Waals surface area contributed by atoms with Gasteiger partial charge in [-0.1, -0.05) is 0 Å². The normalized spacial score (nSPS) is 12.1. The summed E-state index contributed by atoms with van der Waals surface area (Å²) < 4.78 is 3.42. The molecule has 0 aliphatic heterocycles. The third-order valence-electron chi connectivity index (χ3n) is 3.68. The van der Waals surface area contributed by atoms with E-state index in [4.69, 9.17) is 0 Å². The van der Waals surface area contributed by atoms with Crippen molar-refractivity contribution in [2.75, 3.05) is 0 Å². The Labute approximate surface area is 134 Å². The zero-order valence-corrected chi connectivity index (χ0v) is 13.0. The first-order chi connectivity index (χ1) is 11.1. The van der Waals surface area contributed by atoms with Crippen LogP contribution in [0.1, 0.15) is 18.5 Å². The van der Waals surface area contributed by atoms with E-state index >= 15 is 0 Å². The van der Waals surface area contributed by atoms with E-state index in [0.717, 1.165) is 16.8 Å². The molecule has 1 N–H and O–H groups in total. The highest BCUT2D eigenvalue weighted by atomic mass is 16.2. The van der Waals surface area contributed by atoms with Gasteiger partial charge in [0.15, 0.2) is 0 Å². The van der Waals surface area contributed by atoms with Crippen LogP contribution in [0.5, 0.6) is 0 Å². The van der Waals surface area contributed by atoms with Crippen molar-refractivity contribution in [1.82, 2.24) is 29.9 Å². The molecule has 1 unspecified atom stereocenters.